The molecule has 0 fully saturated rings. The van der Waals surface area contributed by atoms with E-state index < -0.39 is 5.82 Å². The molecule has 0 radical (unpaired) electrons. The van der Waals surface area contributed by atoms with Crippen LogP contribution in [0.1, 0.15) is 76.5 Å². The summed E-state index contributed by atoms with van der Waals surface area (Å²) in [6.07, 6.45) is 6.40. The van der Waals surface area contributed by atoms with E-state index in [4.69, 9.17) is 10.00 Å². The van der Waals surface area contributed by atoms with E-state index in [0.717, 1.165) is 44.3 Å². The van der Waals surface area contributed by atoms with Crippen molar-refractivity contribution < 1.29 is 9.13 Å². The summed E-state index contributed by atoms with van der Waals surface area (Å²) in [7, 11) is 0. The van der Waals surface area contributed by atoms with Gasteiger partial charge in [0.05, 0.1) is 17.6 Å². The number of nitrogens with zero attached hydrogens (tertiary/aromatic N) is 3. The maximum Gasteiger partial charge on any atom is 0.352 e. The molecule has 3 aromatic rings. The normalized spacial score (nSPS) is 16.4. The molecule has 2 aromatic carbocycles. The van der Waals surface area contributed by atoms with Crippen LogP contribution < -0.4 is 15.7 Å². The predicted octanol–water partition coefficient (Wildman–Crippen LogP) is 6.87. The van der Waals surface area contributed by atoms with E-state index in [0.29, 0.717) is 18.0 Å². The molecule has 0 aliphatic carbocycles. The summed E-state index contributed by atoms with van der Waals surface area (Å²) >= 11 is 0. The van der Waals surface area contributed by atoms with Crippen LogP contribution >= 0.6 is 0 Å². The lowest BCUT2D eigenvalue weighted by Crippen LogP contribution is -2.38. The smallest absolute Gasteiger partial charge is 0.352 e. The molecule has 2 atom stereocenters. The molecule has 38 heavy (non-hydrogen) atoms. The summed E-state index contributed by atoms with van der Waals surface area (Å²) in [5.41, 5.74) is 1.53. The van der Waals surface area contributed by atoms with Gasteiger partial charge in [0.15, 0.2) is 0 Å². The molecule has 1 aliphatic rings. The Labute approximate surface area is 225 Å². The van der Waals surface area contributed by atoms with Crippen molar-refractivity contribution in [3.8, 4) is 11.9 Å². The Bertz CT molecular complexity index is 1290. The van der Waals surface area contributed by atoms with Gasteiger partial charge in [-0.3, -0.25) is 4.57 Å². The minimum absolute atomic E-state index is 0.0367. The third-order valence-electron chi connectivity index (χ3n) is 7.17. The highest BCUT2D eigenvalue weighted by atomic mass is 19.1. The van der Waals surface area contributed by atoms with Gasteiger partial charge < -0.3 is 10.1 Å². The topological polar surface area (TPSA) is 79.9 Å². The molecule has 0 spiro atoms. The Morgan fingerprint density at radius 3 is 2.53 bits per heavy atom. The number of hydrogen-bond acceptors (Lipinski definition) is 5. The van der Waals surface area contributed by atoms with Gasteiger partial charge in [0.1, 0.15) is 24.3 Å². The molecule has 1 aromatic heterocycles. The van der Waals surface area contributed by atoms with Crippen molar-refractivity contribution in [3.05, 3.63) is 87.6 Å². The number of fused-ring (bicyclic) bond motifs is 1. The van der Waals surface area contributed by atoms with Crippen LogP contribution in [-0.4, -0.2) is 15.1 Å². The number of nitriles is 1. The van der Waals surface area contributed by atoms with Crippen molar-refractivity contribution in [1.82, 2.24) is 9.55 Å². The number of benzene rings is 2. The Morgan fingerprint density at radius 1 is 1.13 bits per heavy atom. The summed E-state index contributed by atoms with van der Waals surface area (Å²) in [6, 6.07) is 18.2. The average Bonchev–Trinajstić information content (AvgIpc) is 3.31. The molecule has 0 amide bonds. The summed E-state index contributed by atoms with van der Waals surface area (Å²) in [6.45, 7) is 9.49. The van der Waals surface area contributed by atoms with Crippen LogP contribution in [0.15, 0.2) is 59.4 Å². The molecule has 0 bridgehead atoms. The van der Waals surface area contributed by atoms with Crippen molar-refractivity contribution in [3.63, 3.8) is 0 Å². The Kier molecular flexibility index (Phi) is 10.5. The Balaban J connectivity index is 0.000000427. The number of anilines is 1. The summed E-state index contributed by atoms with van der Waals surface area (Å²) < 4.78 is 20.8. The number of aryl methyl sites for hydroxylation is 1. The Hall–Kier alpha value is -3.66. The van der Waals surface area contributed by atoms with E-state index in [1.54, 1.807) is 16.7 Å². The molecule has 4 rings (SSSR count). The number of nitrogens with one attached hydrogen (secondary N) is 1. The number of aromatic nitrogens is 2. The zero-order valence-electron chi connectivity index (χ0n) is 23.0. The van der Waals surface area contributed by atoms with Crippen LogP contribution in [0.5, 0.6) is 5.88 Å². The van der Waals surface area contributed by atoms with Gasteiger partial charge in [-0.25, -0.2) is 9.18 Å². The lowest BCUT2D eigenvalue weighted by molar-refractivity contribution is 0.290. The maximum atomic E-state index is 13.5. The fourth-order valence-corrected chi connectivity index (χ4v) is 4.66. The molecule has 202 valence electrons. The van der Waals surface area contributed by atoms with Gasteiger partial charge in [0, 0.05) is 6.07 Å². The van der Waals surface area contributed by atoms with E-state index >= 15 is 0 Å². The summed E-state index contributed by atoms with van der Waals surface area (Å²) in [5.74, 6) is 1.02. The fraction of sp³-hybridized carbons (Fsp3) is 0.452. The molecule has 2 heterocycles. The van der Waals surface area contributed by atoms with E-state index in [9.17, 15) is 9.18 Å². The van der Waals surface area contributed by atoms with E-state index in [2.05, 4.69) is 62.3 Å². The summed E-state index contributed by atoms with van der Waals surface area (Å²) in [4.78, 5) is 16.7. The van der Waals surface area contributed by atoms with Crippen molar-refractivity contribution >= 4 is 5.82 Å². The lowest BCUT2D eigenvalue weighted by Gasteiger charge is -2.30. The second-order valence-corrected chi connectivity index (χ2v) is 10.1. The maximum absolute atomic E-state index is 13.5. The predicted molar refractivity (Wildman–Crippen MR) is 150 cm³/mol. The van der Waals surface area contributed by atoms with E-state index in [1.807, 2.05) is 12.1 Å². The lowest BCUT2D eigenvalue weighted by atomic mass is 9.86. The number of hydrogen-bond donors (Lipinski definition) is 1. The molecule has 0 saturated carbocycles. The second-order valence-electron chi connectivity index (χ2n) is 10.1. The van der Waals surface area contributed by atoms with Gasteiger partial charge in [-0.05, 0) is 54.9 Å². The molecule has 7 heteroatoms. The Morgan fingerprint density at radius 2 is 1.89 bits per heavy atom. The fourth-order valence-electron chi connectivity index (χ4n) is 4.66. The van der Waals surface area contributed by atoms with Crippen molar-refractivity contribution in [2.75, 3.05) is 5.32 Å². The standard InChI is InChI=1S/C23H29FN4O2.C8H10/c1-4-9-23(10-8-16(3)5-2)15-28-20(27-23)12-21(26-22(28)29)30-14-17-6-7-19(24)18(11-17)13-25;1-2-8-6-4-3-5-7-8/h6-7,11-12,16,27H,4-5,8-10,14-15H2,1-3H3;3-7H,2H2,1H3/t16-,23?;/m1./s1. The van der Waals surface area contributed by atoms with Crippen molar-refractivity contribution in [2.45, 2.75) is 84.9 Å². The first-order valence-corrected chi connectivity index (χ1v) is 13.6. The molecular weight excluding hydrogens is 479 g/mol. The minimum atomic E-state index is -0.566. The zero-order valence-corrected chi connectivity index (χ0v) is 23.0. The van der Waals surface area contributed by atoms with Gasteiger partial charge in [-0.15, -0.1) is 0 Å². The largest absolute Gasteiger partial charge is 0.473 e. The number of halogens is 1. The van der Waals surface area contributed by atoms with Crippen LogP contribution in [0.4, 0.5) is 10.2 Å². The van der Waals surface area contributed by atoms with Crippen molar-refractivity contribution in [2.24, 2.45) is 5.92 Å². The third kappa shape index (κ3) is 7.67. The molecule has 1 aliphatic heterocycles. The number of ether oxygens (including phenoxy) is 1. The molecular formula is C31H39FN4O2. The van der Waals surface area contributed by atoms with Crippen LogP contribution in [0.25, 0.3) is 0 Å². The summed E-state index contributed by atoms with van der Waals surface area (Å²) in [5, 5.41) is 12.5. The molecule has 1 N–H and O–H groups in total. The van der Waals surface area contributed by atoms with Crippen LogP contribution in [-0.2, 0) is 19.6 Å². The highest BCUT2D eigenvalue weighted by Gasteiger charge is 2.37. The van der Waals surface area contributed by atoms with Crippen LogP contribution in [0, 0.1) is 23.1 Å². The average molecular weight is 519 g/mol. The third-order valence-corrected chi connectivity index (χ3v) is 7.17. The van der Waals surface area contributed by atoms with Gasteiger partial charge in [-0.2, -0.15) is 10.2 Å². The quantitative estimate of drug-likeness (QED) is 0.317. The van der Waals surface area contributed by atoms with Crippen LogP contribution in [0.3, 0.4) is 0 Å². The minimum Gasteiger partial charge on any atom is -0.473 e. The van der Waals surface area contributed by atoms with E-state index in [1.165, 1.54) is 17.7 Å². The van der Waals surface area contributed by atoms with E-state index in [-0.39, 0.29) is 29.3 Å². The highest BCUT2D eigenvalue weighted by Crippen LogP contribution is 2.35. The SMILES string of the molecule is CCCC1(CC[C@H](C)CC)Cn2c(cc(OCc3ccc(F)c(C#N)c3)nc2=O)N1.CCc1ccccc1. The first-order valence-electron chi connectivity index (χ1n) is 13.6. The monoisotopic (exact) mass is 518 g/mol. The molecule has 0 saturated heterocycles. The first kappa shape index (κ1) is 28.9. The van der Waals surface area contributed by atoms with Gasteiger partial charge >= 0.3 is 5.69 Å². The van der Waals surface area contributed by atoms with Gasteiger partial charge in [-0.1, -0.05) is 76.9 Å². The molecule has 1 unspecified atom stereocenters. The highest BCUT2D eigenvalue weighted by molar-refractivity contribution is 5.46. The van der Waals surface area contributed by atoms with Gasteiger partial charge in [0.2, 0.25) is 5.88 Å². The number of rotatable bonds is 10. The second kappa shape index (κ2) is 13.8. The molecule has 6 nitrogen and oxygen atoms in total. The van der Waals surface area contributed by atoms with Crippen LogP contribution in [0.2, 0.25) is 0 Å². The van der Waals surface area contributed by atoms with Gasteiger partial charge in [0.25, 0.3) is 0 Å². The van der Waals surface area contributed by atoms with Crippen molar-refractivity contribution in [1.29, 1.82) is 5.26 Å². The zero-order chi connectivity index (χ0) is 27.5. The first-order chi connectivity index (χ1) is 18.3.